The van der Waals surface area contributed by atoms with E-state index >= 15 is 0 Å². The van der Waals surface area contributed by atoms with Crippen LogP contribution in [0.3, 0.4) is 0 Å². The van der Waals surface area contributed by atoms with Crippen molar-refractivity contribution >= 4 is 0 Å². The van der Waals surface area contributed by atoms with Gasteiger partial charge in [0.05, 0.1) is 6.10 Å². The smallest absolute Gasteiger partial charge is 0.118 e. The molecule has 1 fully saturated rings. The summed E-state index contributed by atoms with van der Waals surface area (Å²) in [6, 6.07) is 0. The van der Waals surface area contributed by atoms with Crippen molar-refractivity contribution < 1.29 is 10.2 Å². The second-order valence-corrected chi connectivity index (χ2v) is 3.23. The molecule has 0 aromatic rings. The van der Waals surface area contributed by atoms with E-state index in [0.717, 1.165) is 12.8 Å². The Morgan fingerprint density at radius 3 is 2.50 bits per heavy atom. The first-order chi connectivity index (χ1) is 4.54. The predicted octanol–water partition coefficient (Wildman–Crippen LogP) is -0.185. The summed E-state index contributed by atoms with van der Waals surface area (Å²) in [5.74, 6) is -0.132. The summed E-state index contributed by atoms with van der Waals surface area (Å²) in [5, 5.41) is 18.6. The van der Waals surface area contributed by atoms with Crippen LogP contribution in [0.15, 0.2) is 0 Å². The Balaban J connectivity index is 2.59. The molecule has 3 unspecified atom stereocenters. The topological polar surface area (TPSA) is 66.5 Å². The third-order valence-electron chi connectivity index (χ3n) is 2.32. The summed E-state index contributed by atoms with van der Waals surface area (Å²) in [6.45, 7) is 1.67. The molecule has 60 valence electrons. The molecule has 1 aliphatic carbocycles. The lowest BCUT2D eigenvalue weighted by molar-refractivity contribution is -0.0411. The van der Waals surface area contributed by atoms with Crippen LogP contribution in [0.4, 0.5) is 0 Å². The molecule has 3 nitrogen and oxygen atoms in total. The van der Waals surface area contributed by atoms with E-state index in [-0.39, 0.29) is 5.92 Å². The molecule has 0 amide bonds. The van der Waals surface area contributed by atoms with Crippen molar-refractivity contribution in [2.24, 2.45) is 11.7 Å². The van der Waals surface area contributed by atoms with Crippen LogP contribution in [0.1, 0.15) is 26.2 Å². The van der Waals surface area contributed by atoms with Crippen molar-refractivity contribution in [3.8, 4) is 0 Å². The zero-order valence-electron chi connectivity index (χ0n) is 6.25. The van der Waals surface area contributed by atoms with Gasteiger partial charge in [0, 0.05) is 5.92 Å². The van der Waals surface area contributed by atoms with E-state index in [1.807, 2.05) is 0 Å². The number of nitrogens with two attached hydrogens (primary N) is 1. The number of aliphatic hydroxyl groups excluding tert-OH is 1. The molecule has 3 heteroatoms. The highest BCUT2D eigenvalue weighted by molar-refractivity contribution is 4.89. The molecule has 1 saturated carbocycles. The average Bonchev–Trinajstić information content (AvgIpc) is 2.08. The fourth-order valence-electron chi connectivity index (χ4n) is 1.70. The van der Waals surface area contributed by atoms with E-state index in [0.29, 0.717) is 6.42 Å². The van der Waals surface area contributed by atoms with Crippen LogP contribution in [-0.4, -0.2) is 22.0 Å². The number of aliphatic hydroxyl groups is 2. The van der Waals surface area contributed by atoms with Gasteiger partial charge in [0.1, 0.15) is 5.72 Å². The molecule has 0 radical (unpaired) electrons. The van der Waals surface area contributed by atoms with Crippen molar-refractivity contribution in [2.45, 2.75) is 38.0 Å². The SMILES string of the molecule is CC(O)C1CCCC1(N)O. The second-order valence-electron chi connectivity index (χ2n) is 3.23. The summed E-state index contributed by atoms with van der Waals surface area (Å²) >= 11 is 0. The summed E-state index contributed by atoms with van der Waals surface area (Å²) in [5.41, 5.74) is 4.40. The van der Waals surface area contributed by atoms with Gasteiger partial charge in [0.15, 0.2) is 0 Å². The van der Waals surface area contributed by atoms with Crippen LogP contribution >= 0.6 is 0 Å². The minimum Gasteiger partial charge on any atom is -0.393 e. The Kier molecular flexibility index (Phi) is 1.99. The van der Waals surface area contributed by atoms with E-state index in [1.165, 1.54) is 0 Å². The van der Waals surface area contributed by atoms with Crippen LogP contribution in [-0.2, 0) is 0 Å². The molecule has 0 bridgehead atoms. The zero-order valence-corrected chi connectivity index (χ0v) is 6.25. The highest BCUT2D eigenvalue weighted by Crippen LogP contribution is 2.33. The van der Waals surface area contributed by atoms with Crippen molar-refractivity contribution in [3.05, 3.63) is 0 Å². The van der Waals surface area contributed by atoms with Gasteiger partial charge in [-0.05, 0) is 26.2 Å². The van der Waals surface area contributed by atoms with Gasteiger partial charge < -0.3 is 15.9 Å². The molecule has 1 aliphatic rings. The van der Waals surface area contributed by atoms with Gasteiger partial charge in [-0.15, -0.1) is 0 Å². The van der Waals surface area contributed by atoms with Gasteiger partial charge >= 0.3 is 0 Å². The first-order valence-corrected chi connectivity index (χ1v) is 3.73. The minimum absolute atomic E-state index is 0.132. The molecule has 0 aromatic carbocycles. The third kappa shape index (κ3) is 1.31. The Morgan fingerprint density at radius 2 is 2.30 bits per heavy atom. The van der Waals surface area contributed by atoms with Gasteiger partial charge in [-0.2, -0.15) is 0 Å². The molecule has 10 heavy (non-hydrogen) atoms. The van der Waals surface area contributed by atoms with Crippen LogP contribution in [0.2, 0.25) is 0 Å². The molecular formula is C7H15NO2. The molecule has 1 rings (SSSR count). The summed E-state index contributed by atoms with van der Waals surface area (Å²) in [4.78, 5) is 0. The molecule has 0 aliphatic heterocycles. The lowest BCUT2D eigenvalue weighted by Crippen LogP contribution is -2.47. The van der Waals surface area contributed by atoms with Gasteiger partial charge in [-0.3, -0.25) is 0 Å². The summed E-state index contributed by atoms with van der Waals surface area (Å²) in [7, 11) is 0. The first-order valence-electron chi connectivity index (χ1n) is 3.73. The third-order valence-corrected chi connectivity index (χ3v) is 2.32. The maximum Gasteiger partial charge on any atom is 0.118 e. The number of hydrogen-bond donors (Lipinski definition) is 3. The molecule has 0 heterocycles. The quantitative estimate of drug-likeness (QED) is 0.448. The lowest BCUT2D eigenvalue weighted by atomic mass is 9.95. The first kappa shape index (κ1) is 7.98. The number of rotatable bonds is 1. The Hall–Kier alpha value is -0.120. The molecule has 0 aromatic heterocycles. The van der Waals surface area contributed by atoms with Crippen molar-refractivity contribution in [1.82, 2.24) is 0 Å². The normalized spacial score (nSPS) is 43.8. The van der Waals surface area contributed by atoms with Gasteiger partial charge in [-0.25, -0.2) is 0 Å². The van der Waals surface area contributed by atoms with Gasteiger partial charge in [-0.1, -0.05) is 0 Å². The standard InChI is InChI=1S/C7H15NO2/c1-5(9)6-3-2-4-7(6,8)10/h5-6,9-10H,2-4,8H2,1H3. The molecule has 0 spiro atoms. The molecule has 3 atom stereocenters. The predicted molar refractivity (Wildman–Crippen MR) is 38.2 cm³/mol. The zero-order chi connectivity index (χ0) is 7.78. The Labute approximate surface area is 60.9 Å². The summed E-state index contributed by atoms with van der Waals surface area (Å²) < 4.78 is 0. The van der Waals surface area contributed by atoms with Crippen molar-refractivity contribution in [2.75, 3.05) is 0 Å². The van der Waals surface area contributed by atoms with E-state index in [4.69, 9.17) is 10.8 Å². The van der Waals surface area contributed by atoms with E-state index in [9.17, 15) is 5.11 Å². The van der Waals surface area contributed by atoms with Gasteiger partial charge in [0.2, 0.25) is 0 Å². The fourth-order valence-corrected chi connectivity index (χ4v) is 1.70. The Bertz CT molecular complexity index is 123. The van der Waals surface area contributed by atoms with E-state index in [2.05, 4.69) is 0 Å². The van der Waals surface area contributed by atoms with Crippen LogP contribution < -0.4 is 5.73 Å². The van der Waals surface area contributed by atoms with Gasteiger partial charge in [0.25, 0.3) is 0 Å². The number of hydrogen-bond acceptors (Lipinski definition) is 3. The van der Waals surface area contributed by atoms with Crippen molar-refractivity contribution in [3.63, 3.8) is 0 Å². The molecule has 0 saturated heterocycles. The second kappa shape index (κ2) is 2.49. The van der Waals surface area contributed by atoms with Crippen LogP contribution in [0.5, 0.6) is 0 Å². The average molecular weight is 145 g/mol. The molecular weight excluding hydrogens is 130 g/mol. The van der Waals surface area contributed by atoms with Crippen molar-refractivity contribution in [1.29, 1.82) is 0 Å². The highest BCUT2D eigenvalue weighted by Gasteiger charge is 2.39. The van der Waals surface area contributed by atoms with E-state index in [1.54, 1.807) is 6.92 Å². The summed E-state index contributed by atoms with van der Waals surface area (Å²) in [6.07, 6.45) is 1.88. The maximum absolute atomic E-state index is 9.44. The Morgan fingerprint density at radius 1 is 1.70 bits per heavy atom. The monoisotopic (exact) mass is 145 g/mol. The van der Waals surface area contributed by atoms with Crippen LogP contribution in [0.25, 0.3) is 0 Å². The highest BCUT2D eigenvalue weighted by atomic mass is 16.3. The minimum atomic E-state index is -1.12. The largest absolute Gasteiger partial charge is 0.393 e. The molecule has 4 N–H and O–H groups in total. The maximum atomic E-state index is 9.44. The van der Waals surface area contributed by atoms with Crippen LogP contribution in [0, 0.1) is 5.92 Å². The lowest BCUT2D eigenvalue weighted by Gasteiger charge is -2.27. The fraction of sp³-hybridized carbons (Fsp3) is 1.00. The van der Waals surface area contributed by atoms with E-state index < -0.39 is 11.8 Å².